The predicted molar refractivity (Wildman–Crippen MR) is 140 cm³/mol. The van der Waals surface area contributed by atoms with E-state index in [0.717, 1.165) is 55.5 Å². The molecule has 1 aliphatic heterocycles. The Labute approximate surface area is 203 Å². The van der Waals surface area contributed by atoms with E-state index in [4.69, 9.17) is 4.99 Å². The number of benzene rings is 3. The fraction of sp³-hybridized carbons (Fsp3) is 0.312. The van der Waals surface area contributed by atoms with Crippen molar-refractivity contribution < 1.29 is 4.79 Å². The second kappa shape index (κ2) is 10.3. The van der Waals surface area contributed by atoms with Crippen LogP contribution in [0.1, 0.15) is 61.6 Å². The van der Waals surface area contributed by atoms with E-state index < -0.39 is 0 Å². The maximum Gasteiger partial charge on any atom is 0.170 e. The van der Waals surface area contributed by atoms with Crippen LogP contribution in [0.5, 0.6) is 0 Å². The van der Waals surface area contributed by atoms with Crippen LogP contribution in [-0.2, 0) is 11.2 Å². The zero-order chi connectivity index (χ0) is 23.3. The van der Waals surface area contributed by atoms with Crippen LogP contribution in [0.3, 0.4) is 0 Å². The van der Waals surface area contributed by atoms with E-state index in [1.165, 1.54) is 16.7 Å². The number of nitrogens with zero attached hydrogens (tertiary/aromatic N) is 1. The van der Waals surface area contributed by atoms with Crippen LogP contribution in [-0.4, -0.2) is 11.5 Å². The van der Waals surface area contributed by atoms with Gasteiger partial charge in [0.2, 0.25) is 0 Å². The van der Waals surface area contributed by atoms with Gasteiger partial charge in [0.1, 0.15) is 0 Å². The number of rotatable bonds is 6. The molecular formula is C32H33NO. The minimum Gasteiger partial charge on any atom is -0.294 e. The van der Waals surface area contributed by atoms with Crippen molar-refractivity contribution in [3.8, 4) is 0 Å². The van der Waals surface area contributed by atoms with Gasteiger partial charge in [0.15, 0.2) is 5.78 Å². The molecule has 3 aromatic carbocycles. The zero-order valence-electron chi connectivity index (χ0n) is 20.0. The highest BCUT2D eigenvalue weighted by molar-refractivity contribution is 6.15. The molecule has 0 radical (unpaired) electrons. The predicted octanol–water partition coefficient (Wildman–Crippen LogP) is 7.56. The molecule has 2 heteroatoms. The third kappa shape index (κ3) is 4.68. The average Bonchev–Trinajstić information content (AvgIpc) is 3.10. The molecule has 1 unspecified atom stereocenters. The topological polar surface area (TPSA) is 29.4 Å². The first-order chi connectivity index (χ1) is 16.7. The Morgan fingerprint density at radius 2 is 1.35 bits per heavy atom. The SMILES string of the molecule is CCC1=NC2=C(CCC(Cc3ccccc3)CC2)C(=O)[C@@H]1C(c1ccccc1)c1ccccc1. The molecule has 3 aromatic rings. The van der Waals surface area contributed by atoms with Crippen molar-refractivity contribution in [3.63, 3.8) is 0 Å². The number of Topliss-reactive ketones (excluding diaryl/α,β-unsaturated/α-hetero) is 1. The van der Waals surface area contributed by atoms with Crippen molar-refractivity contribution in [2.75, 3.05) is 0 Å². The van der Waals surface area contributed by atoms with E-state index in [1.807, 2.05) is 12.1 Å². The van der Waals surface area contributed by atoms with Crippen molar-refractivity contribution in [1.29, 1.82) is 0 Å². The standard InChI is InChI=1S/C32H33NO/c1-2-28-31(30(25-14-8-4-9-15-25)26-16-10-5-11-17-26)32(34)27-20-18-24(19-21-29(27)33-28)22-23-12-6-3-7-13-23/h3-17,24,30-31H,2,18-22H2,1H3/t24?,31-/m0/s1. The smallest absolute Gasteiger partial charge is 0.170 e. The molecule has 34 heavy (non-hydrogen) atoms. The Bertz CT molecular complexity index is 1140. The van der Waals surface area contributed by atoms with Gasteiger partial charge in [-0.1, -0.05) is 97.9 Å². The fourth-order valence-corrected chi connectivity index (χ4v) is 5.79. The van der Waals surface area contributed by atoms with Crippen molar-refractivity contribution in [2.45, 2.75) is 51.4 Å². The molecule has 0 amide bonds. The molecule has 0 N–H and O–H groups in total. The van der Waals surface area contributed by atoms with Gasteiger partial charge >= 0.3 is 0 Å². The van der Waals surface area contributed by atoms with Gasteiger partial charge in [-0.15, -0.1) is 0 Å². The molecule has 0 saturated heterocycles. The fourth-order valence-electron chi connectivity index (χ4n) is 5.79. The second-order valence-electron chi connectivity index (χ2n) is 9.66. The maximum atomic E-state index is 14.2. The molecule has 0 aromatic heterocycles. The van der Waals surface area contributed by atoms with Crippen LogP contribution >= 0.6 is 0 Å². The summed E-state index contributed by atoms with van der Waals surface area (Å²) in [5.41, 5.74) is 6.87. The van der Waals surface area contributed by atoms with Gasteiger partial charge in [-0.3, -0.25) is 9.79 Å². The first-order valence-electron chi connectivity index (χ1n) is 12.7. The lowest BCUT2D eigenvalue weighted by atomic mass is 9.72. The first kappa shape index (κ1) is 22.5. The molecule has 2 nitrogen and oxygen atoms in total. The molecule has 1 heterocycles. The van der Waals surface area contributed by atoms with Gasteiger partial charge in [-0.25, -0.2) is 0 Å². The van der Waals surface area contributed by atoms with Crippen molar-refractivity contribution >= 4 is 11.5 Å². The highest BCUT2D eigenvalue weighted by atomic mass is 16.1. The van der Waals surface area contributed by atoms with Gasteiger partial charge in [-0.05, 0) is 61.1 Å². The minimum atomic E-state index is -0.223. The van der Waals surface area contributed by atoms with Crippen LogP contribution in [0, 0.1) is 11.8 Å². The van der Waals surface area contributed by atoms with Gasteiger partial charge in [0.25, 0.3) is 0 Å². The molecule has 0 saturated carbocycles. The highest BCUT2D eigenvalue weighted by Crippen LogP contribution is 2.42. The normalized spacial score (nSPS) is 20.6. The van der Waals surface area contributed by atoms with E-state index in [9.17, 15) is 4.79 Å². The Morgan fingerprint density at radius 3 is 1.94 bits per heavy atom. The molecule has 5 rings (SSSR count). The molecule has 2 aliphatic rings. The van der Waals surface area contributed by atoms with Crippen LogP contribution < -0.4 is 0 Å². The quantitative estimate of drug-likeness (QED) is 0.383. The van der Waals surface area contributed by atoms with Gasteiger partial charge < -0.3 is 0 Å². The van der Waals surface area contributed by atoms with Crippen LogP contribution in [0.2, 0.25) is 0 Å². The summed E-state index contributed by atoms with van der Waals surface area (Å²) in [5, 5.41) is 0. The molecular weight excluding hydrogens is 414 g/mol. The molecule has 0 bridgehead atoms. The van der Waals surface area contributed by atoms with Gasteiger partial charge in [0.05, 0.1) is 5.92 Å². The lowest BCUT2D eigenvalue weighted by molar-refractivity contribution is -0.118. The molecule has 0 spiro atoms. The summed E-state index contributed by atoms with van der Waals surface area (Å²) < 4.78 is 0. The molecule has 0 fully saturated rings. The molecule has 172 valence electrons. The average molecular weight is 448 g/mol. The van der Waals surface area contributed by atoms with Crippen molar-refractivity contribution in [3.05, 3.63) is 119 Å². The Hall–Kier alpha value is -3.26. The lowest BCUT2D eigenvalue weighted by Gasteiger charge is -2.32. The molecule has 2 atom stereocenters. The summed E-state index contributed by atoms with van der Waals surface area (Å²) >= 11 is 0. The second-order valence-corrected chi connectivity index (χ2v) is 9.66. The number of hydrogen-bond donors (Lipinski definition) is 0. The van der Waals surface area contributed by atoms with E-state index in [0.29, 0.717) is 11.7 Å². The van der Waals surface area contributed by atoms with Crippen molar-refractivity contribution in [2.24, 2.45) is 16.8 Å². The summed E-state index contributed by atoms with van der Waals surface area (Å²) in [4.78, 5) is 19.4. The summed E-state index contributed by atoms with van der Waals surface area (Å²) in [5.74, 6) is 0.670. The third-order valence-corrected chi connectivity index (χ3v) is 7.54. The summed E-state index contributed by atoms with van der Waals surface area (Å²) in [7, 11) is 0. The lowest BCUT2D eigenvalue weighted by Crippen LogP contribution is -2.35. The molecule has 1 aliphatic carbocycles. The monoisotopic (exact) mass is 447 g/mol. The summed E-state index contributed by atoms with van der Waals surface area (Å²) in [6.45, 7) is 2.15. The first-order valence-corrected chi connectivity index (χ1v) is 12.7. The largest absolute Gasteiger partial charge is 0.294 e. The van der Waals surface area contributed by atoms with E-state index in [-0.39, 0.29) is 11.8 Å². The maximum absolute atomic E-state index is 14.2. The highest BCUT2D eigenvalue weighted by Gasteiger charge is 2.40. The summed E-state index contributed by atoms with van der Waals surface area (Å²) in [6, 6.07) is 31.8. The van der Waals surface area contributed by atoms with Crippen molar-refractivity contribution in [1.82, 2.24) is 0 Å². The van der Waals surface area contributed by atoms with Crippen LogP contribution in [0.15, 0.2) is 107 Å². The van der Waals surface area contributed by atoms with Gasteiger partial charge in [0, 0.05) is 22.9 Å². The number of allylic oxidation sites excluding steroid dienone is 2. The zero-order valence-corrected chi connectivity index (χ0v) is 20.0. The van der Waals surface area contributed by atoms with E-state index in [1.54, 1.807) is 0 Å². The van der Waals surface area contributed by atoms with Crippen LogP contribution in [0.4, 0.5) is 0 Å². The Morgan fingerprint density at radius 1 is 0.794 bits per heavy atom. The van der Waals surface area contributed by atoms with Gasteiger partial charge in [-0.2, -0.15) is 0 Å². The Balaban J connectivity index is 1.46. The van der Waals surface area contributed by atoms with E-state index in [2.05, 4.69) is 85.8 Å². The number of ketones is 1. The number of hydrogen-bond acceptors (Lipinski definition) is 2. The van der Waals surface area contributed by atoms with Crippen LogP contribution in [0.25, 0.3) is 0 Å². The van der Waals surface area contributed by atoms with E-state index >= 15 is 0 Å². The number of aliphatic imine (C=N–C) groups is 1. The summed E-state index contributed by atoms with van der Waals surface area (Å²) in [6.07, 6.45) is 5.81. The number of carbonyl (C=O) groups excluding carboxylic acids is 1. The number of carbonyl (C=O) groups is 1. The minimum absolute atomic E-state index is 0.00832. The Kier molecular flexibility index (Phi) is 6.85. The third-order valence-electron chi connectivity index (χ3n) is 7.54.